The molecule has 1 atom stereocenters. The average molecular weight is 343 g/mol. The molecule has 1 aliphatic rings. The molecule has 2 N–H and O–H groups in total. The van der Waals surface area contributed by atoms with Crippen LogP contribution < -0.4 is 10.2 Å². The van der Waals surface area contributed by atoms with E-state index in [0.29, 0.717) is 18.2 Å². The molecule has 0 bridgehead atoms. The molecule has 7 nitrogen and oxygen atoms in total. The molecule has 1 saturated heterocycles. The first kappa shape index (κ1) is 17.4. The Morgan fingerprint density at radius 3 is 2.96 bits per heavy atom. The quantitative estimate of drug-likeness (QED) is 0.868. The number of rotatable bonds is 5. The van der Waals surface area contributed by atoms with Crippen molar-refractivity contribution in [3.05, 3.63) is 41.3 Å². The maximum atomic E-state index is 12.2. The first-order chi connectivity index (χ1) is 12.0. The Hall–Kier alpha value is -2.41. The fraction of sp³-hybridized carbons (Fsp3) is 0.500. The molecule has 0 aromatic carbocycles. The molecule has 1 amide bonds. The fourth-order valence-electron chi connectivity index (χ4n) is 2.76. The van der Waals surface area contributed by atoms with Gasteiger partial charge in [0.25, 0.3) is 5.91 Å². The summed E-state index contributed by atoms with van der Waals surface area (Å²) in [6, 6.07) is 5.78. The molecule has 3 heterocycles. The Morgan fingerprint density at radius 2 is 2.32 bits per heavy atom. The van der Waals surface area contributed by atoms with E-state index in [1.807, 2.05) is 12.1 Å². The Balaban J connectivity index is 1.55. The number of anilines is 1. The van der Waals surface area contributed by atoms with E-state index >= 15 is 0 Å². The summed E-state index contributed by atoms with van der Waals surface area (Å²) < 4.78 is 5.55. The minimum Gasteiger partial charge on any atom is -0.375 e. The van der Waals surface area contributed by atoms with Crippen molar-refractivity contribution >= 4 is 11.7 Å². The van der Waals surface area contributed by atoms with Gasteiger partial charge in [-0.15, -0.1) is 0 Å². The zero-order chi connectivity index (χ0) is 17.8. The van der Waals surface area contributed by atoms with E-state index in [1.165, 1.54) is 0 Å². The predicted molar refractivity (Wildman–Crippen MR) is 95.7 cm³/mol. The Bertz CT molecular complexity index is 711. The van der Waals surface area contributed by atoms with E-state index in [1.54, 1.807) is 12.3 Å². The van der Waals surface area contributed by atoms with Gasteiger partial charge in [-0.1, -0.05) is 19.9 Å². The minimum absolute atomic E-state index is 0.186. The number of amides is 1. The SMILES string of the molecule is CC1CN(c2ccc(CNC(=O)c3cc(C(C)C)[nH]n3)cn2)CCO1. The average Bonchev–Trinajstić information content (AvgIpc) is 3.11. The third kappa shape index (κ3) is 4.36. The highest BCUT2D eigenvalue weighted by atomic mass is 16.5. The molecule has 0 aliphatic carbocycles. The van der Waals surface area contributed by atoms with Gasteiger partial charge >= 0.3 is 0 Å². The summed E-state index contributed by atoms with van der Waals surface area (Å²) >= 11 is 0. The van der Waals surface area contributed by atoms with Gasteiger partial charge in [-0.2, -0.15) is 5.10 Å². The summed E-state index contributed by atoms with van der Waals surface area (Å²) in [5.74, 6) is 1.07. The molecule has 1 unspecified atom stereocenters. The van der Waals surface area contributed by atoms with Crippen LogP contribution in [0.2, 0.25) is 0 Å². The number of carbonyl (C=O) groups excluding carboxylic acids is 1. The van der Waals surface area contributed by atoms with Gasteiger partial charge in [0.2, 0.25) is 0 Å². The summed E-state index contributed by atoms with van der Waals surface area (Å²) in [5, 5.41) is 9.83. The molecule has 3 rings (SSSR count). The lowest BCUT2D eigenvalue weighted by atomic mass is 10.1. The number of H-pyrrole nitrogens is 1. The van der Waals surface area contributed by atoms with Gasteiger partial charge in [0.1, 0.15) is 11.5 Å². The molecule has 7 heteroatoms. The predicted octanol–water partition coefficient (Wildman–Crippen LogP) is 2.08. The third-order valence-corrected chi connectivity index (χ3v) is 4.28. The molecule has 2 aromatic heterocycles. The zero-order valence-corrected chi connectivity index (χ0v) is 15.0. The number of aromatic nitrogens is 3. The van der Waals surface area contributed by atoms with Crippen LogP contribution in [0.15, 0.2) is 24.4 Å². The largest absolute Gasteiger partial charge is 0.375 e. The Labute approximate surface area is 147 Å². The second-order valence-corrected chi connectivity index (χ2v) is 6.70. The molecule has 1 aliphatic heterocycles. The van der Waals surface area contributed by atoms with Gasteiger partial charge in [-0.05, 0) is 30.5 Å². The number of carbonyl (C=O) groups is 1. The van der Waals surface area contributed by atoms with E-state index in [-0.39, 0.29) is 12.0 Å². The summed E-state index contributed by atoms with van der Waals surface area (Å²) in [5.41, 5.74) is 2.32. The van der Waals surface area contributed by atoms with Crippen molar-refractivity contribution < 1.29 is 9.53 Å². The number of hydrogen-bond donors (Lipinski definition) is 2. The highest BCUT2D eigenvalue weighted by Crippen LogP contribution is 2.16. The van der Waals surface area contributed by atoms with Crippen LogP contribution in [0.4, 0.5) is 5.82 Å². The standard InChI is InChI=1S/C18H25N5O2/c1-12(2)15-8-16(22-21-15)18(24)20-10-14-4-5-17(19-9-14)23-6-7-25-13(3)11-23/h4-5,8-9,12-13H,6-7,10-11H2,1-3H3,(H,20,24)(H,21,22). The van der Waals surface area contributed by atoms with Crippen LogP contribution in [-0.4, -0.2) is 46.9 Å². The normalized spacial score (nSPS) is 17.8. The summed E-state index contributed by atoms with van der Waals surface area (Å²) in [6.07, 6.45) is 2.03. The summed E-state index contributed by atoms with van der Waals surface area (Å²) in [7, 11) is 0. The molecule has 0 saturated carbocycles. The van der Waals surface area contributed by atoms with Crippen LogP contribution in [0.25, 0.3) is 0 Å². The number of aromatic amines is 1. The molecule has 2 aromatic rings. The van der Waals surface area contributed by atoms with E-state index in [0.717, 1.165) is 36.8 Å². The van der Waals surface area contributed by atoms with Gasteiger partial charge in [0.15, 0.2) is 0 Å². The van der Waals surface area contributed by atoms with Crippen LogP contribution in [0.1, 0.15) is 48.4 Å². The minimum atomic E-state index is -0.186. The number of ether oxygens (including phenoxy) is 1. The lowest BCUT2D eigenvalue weighted by Crippen LogP contribution is -2.41. The first-order valence-electron chi connectivity index (χ1n) is 8.68. The first-order valence-corrected chi connectivity index (χ1v) is 8.68. The van der Waals surface area contributed by atoms with Crippen molar-refractivity contribution in [1.29, 1.82) is 0 Å². The van der Waals surface area contributed by atoms with E-state index in [2.05, 4.69) is 46.2 Å². The van der Waals surface area contributed by atoms with Crippen molar-refractivity contribution in [3.8, 4) is 0 Å². The highest BCUT2D eigenvalue weighted by Gasteiger charge is 2.18. The van der Waals surface area contributed by atoms with E-state index < -0.39 is 0 Å². The maximum Gasteiger partial charge on any atom is 0.272 e. The lowest BCUT2D eigenvalue weighted by molar-refractivity contribution is 0.0529. The second-order valence-electron chi connectivity index (χ2n) is 6.70. The molecule has 0 radical (unpaired) electrons. The van der Waals surface area contributed by atoms with E-state index in [9.17, 15) is 4.79 Å². The number of pyridine rings is 1. The maximum absolute atomic E-state index is 12.2. The number of hydrogen-bond acceptors (Lipinski definition) is 5. The smallest absolute Gasteiger partial charge is 0.272 e. The molecular formula is C18H25N5O2. The lowest BCUT2D eigenvalue weighted by Gasteiger charge is -2.32. The highest BCUT2D eigenvalue weighted by molar-refractivity contribution is 5.92. The Kier molecular flexibility index (Phi) is 5.33. The summed E-state index contributed by atoms with van der Waals surface area (Å²) in [6.45, 7) is 9.02. The number of nitrogens with zero attached hydrogens (tertiary/aromatic N) is 3. The van der Waals surface area contributed by atoms with Crippen LogP contribution >= 0.6 is 0 Å². The van der Waals surface area contributed by atoms with Crippen molar-refractivity contribution in [2.45, 2.75) is 39.3 Å². The fourth-order valence-corrected chi connectivity index (χ4v) is 2.76. The number of morpholine rings is 1. The molecule has 25 heavy (non-hydrogen) atoms. The van der Waals surface area contributed by atoms with Crippen molar-refractivity contribution in [2.75, 3.05) is 24.6 Å². The van der Waals surface area contributed by atoms with Gasteiger partial charge < -0.3 is 15.0 Å². The van der Waals surface area contributed by atoms with Crippen LogP contribution in [0.3, 0.4) is 0 Å². The summed E-state index contributed by atoms with van der Waals surface area (Å²) in [4.78, 5) is 18.9. The molecule has 0 spiro atoms. The third-order valence-electron chi connectivity index (χ3n) is 4.28. The van der Waals surface area contributed by atoms with Crippen LogP contribution in [0, 0.1) is 0 Å². The van der Waals surface area contributed by atoms with Gasteiger partial charge in [0.05, 0.1) is 12.7 Å². The van der Waals surface area contributed by atoms with E-state index in [4.69, 9.17) is 4.74 Å². The van der Waals surface area contributed by atoms with Crippen LogP contribution in [0.5, 0.6) is 0 Å². The van der Waals surface area contributed by atoms with Gasteiger partial charge in [-0.25, -0.2) is 4.98 Å². The Morgan fingerprint density at radius 1 is 1.48 bits per heavy atom. The van der Waals surface area contributed by atoms with Gasteiger partial charge in [-0.3, -0.25) is 9.89 Å². The van der Waals surface area contributed by atoms with Crippen molar-refractivity contribution in [2.24, 2.45) is 0 Å². The monoisotopic (exact) mass is 343 g/mol. The van der Waals surface area contributed by atoms with Crippen molar-refractivity contribution in [3.63, 3.8) is 0 Å². The molecule has 1 fully saturated rings. The second kappa shape index (κ2) is 7.65. The number of nitrogens with one attached hydrogen (secondary N) is 2. The van der Waals surface area contributed by atoms with Gasteiger partial charge in [0, 0.05) is 31.5 Å². The zero-order valence-electron chi connectivity index (χ0n) is 15.0. The van der Waals surface area contributed by atoms with Crippen LogP contribution in [-0.2, 0) is 11.3 Å². The van der Waals surface area contributed by atoms with Crippen molar-refractivity contribution in [1.82, 2.24) is 20.5 Å². The molecule has 134 valence electrons. The topological polar surface area (TPSA) is 83.1 Å². The molecular weight excluding hydrogens is 318 g/mol.